The van der Waals surface area contributed by atoms with E-state index < -0.39 is 28.8 Å². The number of halogens is 3. The third-order valence-corrected chi connectivity index (χ3v) is 4.06. The van der Waals surface area contributed by atoms with Crippen LogP contribution in [0, 0.1) is 0 Å². The molecule has 0 saturated heterocycles. The van der Waals surface area contributed by atoms with Crippen molar-refractivity contribution < 1.29 is 26.7 Å². The van der Waals surface area contributed by atoms with Gasteiger partial charge in [0, 0.05) is 6.54 Å². The number of sulfonamides is 1. The molecule has 1 aromatic carbocycles. The summed E-state index contributed by atoms with van der Waals surface area (Å²) in [6.07, 6.45) is -5.88. The van der Waals surface area contributed by atoms with Crippen LogP contribution in [0.5, 0.6) is 0 Å². The standard InChI is InChI=1S/C12H16F3NO3S/c1-2-3-9-4-6-10(7-5-9)20(18,19)16-8-11(17)12(13,14)15/h4-7,11,16-17H,2-3,8H2,1H3. The predicted molar refractivity (Wildman–Crippen MR) is 67.7 cm³/mol. The topological polar surface area (TPSA) is 66.4 Å². The molecule has 4 nitrogen and oxygen atoms in total. The average Bonchev–Trinajstić information content (AvgIpc) is 2.36. The summed E-state index contributed by atoms with van der Waals surface area (Å²) in [5.41, 5.74) is 0.946. The number of alkyl halides is 3. The number of aliphatic hydroxyl groups excluding tert-OH is 1. The Morgan fingerprint density at radius 2 is 1.80 bits per heavy atom. The lowest BCUT2D eigenvalue weighted by Crippen LogP contribution is -2.40. The Kier molecular flexibility index (Phi) is 5.55. The maximum atomic E-state index is 12.1. The maximum Gasteiger partial charge on any atom is 0.415 e. The molecule has 2 N–H and O–H groups in total. The van der Waals surface area contributed by atoms with Gasteiger partial charge in [-0.1, -0.05) is 25.5 Å². The number of aryl methyl sites for hydroxylation is 1. The van der Waals surface area contributed by atoms with Gasteiger partial charge in [0.2, 0.25) is 10.0 Å². The number of hydrogen-bond acceptors (Lipinski definition) is 3. The average molecular weight is 311 g/mol. The highest BCUT2D eigenvalue weighted by Gasteiger charge is 2.38. The molecule has 0 fully saturated rings. The molecule has 0 bridgehead atoms. The fraction of sp³-hybridized carbons (Fsp3) is 0.500. The lowest BCUT2D eigenvalue weighted by atomic mass is 10.1. The Balaban J connectivity index is 2.74. The summed E-state index contributed by atoms with van der Waals surface area (Å²) in [6.45, 7) is 0.868. The Bertz CT molecular complexity index is 526. The van der Waals surface area contributed by atoms with Crippen LogP contribution in [0.25, 0.3) is 0 Å². The molecular formula is C12H16F3NO3S. The molecular weight excluding hydrogens is 295 g/mol. The van der Waals surface area contributed by atoms with Crippen molar-refractivity contribution in [2.24, 2.45) is 0 Å². The number of aliphatic hydroxyl groups is 1. The Labute approximate surface area is 115 Å². The van der Waals surface area contributed by atoms with E-state index in [1.807, 2.05) is 6.92 Å². The van der Waals surface area contributed by atoms with Gasteiger partial charge in [0.05, 0.1) is 4.90 Å². The first-order valence-electron chi connectivity index (χ1n) is 6.00. The van der Waals surface area contributed by atoms with Crippen LogP contribution >= 0.6 is 0 Å². The second-order valence-electron chi connectivity index (χ2n) is 4.30. The highest BCUT2D eigenvalue weighted by atomic mass is 32.2. The molecule has 0 aliphatic rings. The second-order valence-corrected chi connectivity index (χ2v) is 6.07. The SMILES string of the molecule is CCCc1ccc(S(=O)(=O)NCC(O)C(F)(F)F)cc1. The molecule has 0 heterocycles. The lowest BCUT2D eigenvalue weighted by molar-refractivity contribution is -0.200. The van der Waals surface area contributed by atoms with Crippen LogP contribution in [-0.4, -0.2) is 32.3 Å². The zero-order valence-corrected chi connectivity index (χ0v) is 11.6. The van der Waals surface area contributed by atoms with Gasteiger partial charge in [-0.2, -0.15) is 13.2 Å². The fourth-order valence-corrected chi connectivity index (χ4v) is 2.55. The molecule has 0 aromatic heterocycles. The van der Waals surface area contributed by atoms with Crippen LogP contribution in [-0.2, 0) is 16.4 Å². The van der Waals surface area contributed by atoms with E-state index >= 15 is 0 Å². The number of nitrogens with one attached hydrogen (secondary N) is 1. The van der Waals surface area contributed by atoms with Gasteiger partial charge in [-0.05, 0) is 24.1 Å². The van der Waals surface area contributed by atoms with E-state index in [4.69, 9.17) is 5.11 Å². The van der Waals surface area contributed by atoms with Crippen molar-refractivity contribution in [3.05, 3.63) is 29.8 Å². The maximum absolute atomic E-state index is 12.1. The molecule has 114 valence electrons. The molecule has 0 spiro atoms. The monoisotopic (exact) mass is 311 g/mol. The summed E-state index contributed by atoms with van der Waals surface area (Å²) in [7, 11) is -4.06. The minimum absolute atomic E-state index is 0.133. The van der Waals surface area contributed by atoms with Crippen molar-refractivity contribution >= 4 is 10.0 Å². The van der Waals surface area contributed by atoms with E-state index in [0.29, 0.717) is 0 Å². The highest BCUT2D eigenvalue weighted by molar-refractivity contribution is 7.89. The van der Waals surface area contributed by atoms with Crippen LogP contribution in [0.4, 0.5) is 13.2 Å². The molecule has 0 amide bonds. The zero-order chi connectivity index (χ0) is 15.4. The molecule has 0 radical (unpaired) electrons. The molecule has 1 unspecified atom stereocenters. The van der Waals surface area contributed by atoms with Crippen molar-refractivity contribution in [3.8, 4) is 0 Å². The van der Waals surface area contributed by atoms with Crippen molar-refractivity contribution in [2.45, 2.75) is 36.9 Å². The molecule has 1 atom stereocenters. The molecule has 0 saturated carbocycles. The zero-order valence-electron chi connectivity index (χ0n) is 10.8. The first-order chi connectivity index (χ1) is 9.16. The summed E-state index contributed by atoms with van der Waals surface area (Å²) in [5.74, 6) is 0. The highest BCUT2D eigenvalue weighted by Crippen LogP contribution is 2.20. The van der Waals surface area contributed by atoms with Gasteiger partial charge in [0.25, 0.3) is 0 Å². The summed E-state index contributed by atoms with van der Waals surface area (Å²) in [5, 5.41) is 8.76. The fourth-order valence-electron chi connectivity index (χ4n) is 1.51. The smallest absolute Gasteiger partial charge is 0.382 e. The minimum atomic E-state index is -4.85. The first-order valence-corrected chi connectivity index (χ1v) is 7.48. The Morgan fingerprint density at radius 1 is 1.25 bits per heavy atom. The quantitative estimate of drug-likeness (QED) is 0.842. The third kappa shape index (κ3) is 4.77. The van der Waals surface area contributed by atoms with Gasteiger partial charge in [-0.15, -0.1) is 0 Å². The van der Waals surface area contributed by atoms with Gasteiger partial charge >= 0.3 is 6.18 Å². The van der Waals surface area contributed by atoms with E-state index in [-0.39, 0.29) is 4.90 Å². The van der Waals surface area contributed by atoms with Gasteiger partial charge in [0.15, 0.2) is 6.10 Å². The van der Waals surface area contributed by atoms with Gasteiger partial charge in [-0.3, -0.25) is 0 Å². The molecule has 1 aromatic rings. The van der Waals surface area contributed by atoms with E-state index in [1.54, 1.807) is 16.9 Å². The first kappa shape index (κ1) is 16.9. The summed E-state index contributed by atoms with van der Waals surface area (Å²) in [6, 6.07) is 5.87. The van der Waals surface area contributed by atoms with Gasteiger partial charge in [-0.25, -0.2) is 13.1 Å². The third-order valence-electron chi connectivity index (χ3n) is 2.62. The molecule has 0 aliphatic carbocycles. The van der Waals surface area contributed by atoms with Crippen LogP contribution in [0.15, 0.2) is 29.2 Å². The number of hydrogen-bond donors (Lipinski definition) is 2. The van der Waals surface area contributed by atoms with Crippen molar-refractivity contribution in [1.82, 2.24) is 4.72 Å². The molecule has 20 heavy (non-hydrogen) atoms. The van der Waals surface area contributed by atoms with Crippen LogP contribution in [0.2, 0.25) is 0 Å². The predicted octanol–water partition coefficient (Wildman–Crippen LogP) is 1.84. The van der Waals surface area contributed by atoms with Crippen LogP contribution < -0.4 is 4.72 Å². The van der Waals surface area contributed by atoms with E-state index in [9.17, 15) is 21.6 Å². The van der Waals surface area contributed by atoms with Gasteiger partial charge in [0.1, 0.15) is 0 Å². The minimum Gasteiger partial charge on any atom is -0.382 e. The largest absolute Gasteiger partial charge is 0.415 e. The van der Waals surface area contributed by atoms with E-state index in [0.717, 1.165) is 18.4 Å². The van der Waals surface area contributed by atoms with Crippen molar-refractivity contribution in [2.75, 3.05) is 6.54 Å². The molecule has 0 aliphatic heterocycles. The Morgan fingerprint density at radius 3 is 2.25 bits per heavy atom. The second kappa shape index (κ2) is 6.55. The van der Waals surface area contributed by atoms with Crippen molar-refractivity contribution in [1.29, 1.82) is 0 Å². The van der Waals surface area contributed by atoms with Gasteiger partial charge < -0.3 is 5.11 Å². The van der Waals surface area contributed by atoms with E-state index in [2.05, 4.69) is 0 Å². The van der Waals surface area contributed by atoms with Crippen LogP contribution in [0.3, 0.4) is 0 Å². The summed E-state index contributed by atoms with van der Waals surface area (Å²) >= 11 is 0. The molecule has 8 heteroatoms. The Hall–Kier alpha value is -1.12. The normalized spacial score (nSPS) is 14.2. The van der Waals surface area contributed by atoms with Crippen molar-refractivity contribution in [3.63, 3.8) is 0 Å². The lowest BCUT2D eigenvalue weighted by Gasteiger charge is -2.15. The van der Waals surface area contributed by atoms with Crippen LogP contribution in [0.1, 0.15) is 18.9 Å². The van der Waals surface area contributed by atoms with E-state index in [1.165, 1.54) is 12.1 Å². The number of rotatable bonds is 6. The number of benzene rings is 1. The molecule has 1 rings (SSSR count). The summed E-state index contributed by atoms with van der Waals surface area (Å²) in [4.78, 5) is -0.133. The summed E-state index contributed by atoms with van der Waals surface area (Å²) < 4.78 is 61.5.